The van der Waals surface area contributed by atoms with E-state index in [1.807, 2.05) is 0 Å². The van der Waals surface area contributed by atoms with Crippen LogP contribution in [0.3, 0.4) is 0 Å². The van der Waals surface area contributed by atoms with Crippen LogP contribution in [0.4, 0.5) is 0 Å². The van der Waals surface area contributed by atoms with Crippen molar-refractivity contribution in [2.24, 2.45) is 28.6 Å². The zero-order valence-corrected chi connectivity index (χ0v) is 26.9. The molecule has 2 aliphatic heterocycles. The number of ether oxygens (including phenoxy) is 5. The van der Waals surface area contributed by atoms with Gasteiger partial charge in [-0.3, -0.25) is 14.4 Å². The lowest BCUT2D eigenvalue weighted by atomic mass is 9.38. The second-order valence-corrected chi connectivity index (χ2v) is 13.8. The van der Waals surface area contributed by atoms with Gasteiger partial charge in [-0.25, -0.2) is 14.4 Å². The van der Waals surface area contributed by atoms with Gasteiger partial charge in [0.25, 0.3) is 0 Å². The van der Waals surface area contributed by atoms with E-state index in [-0.39, 0.29) is 37.5 Å². The Morgan fingerprint density at radius 3 is 2.41 bits per heavy atom. The average Bonchev–Trinajstić information content (AvgIpc) is 3.25. The van der Waals surface area contributed by atoms with Crippen molar-refractivity contribution < 1.29 is 62.7 Å². The Morgan fingerprint density at radius 1 is 1.13 bits per heavy atom. The minimum atomic E-state index is -2.28. The molecule has 2 saturated carbocycles. The summed E-state index contributed by atoms with van der Waals surface area (Å²) in [7, 11) is 1.07. The number of nitrogens with one attached hydrogen (secondary N) is 1. The van der Waals surface area contributed by atoms with Gasteiger partial charge in [0.2, 0.25) is 17.6 Å². The number of aliphatic hydroxyl groups is 2. The molecule has 3 N–H and O–H groups in total. The summed E-state index contributed by atoms with van der Waals surface area (Å²) in [4.78, 5) is 77.9. The molecule has 14 nitrogen and oxygen atoms in total. The van der Waals surface area contributed by atoms with E-state index in [2.05, 4.69) is 5.32 Å². The van der Waals surface area contributed by atoms with Crippen molar-refractivity contribution >= 4 is 35.6 Å². The lowest BCUT2D eigenvalue weighted by Gasteiger charge is -2.67. The fourth-order valence-corrected chi connectivity index (χ4v) is 9.18. The number of methoxy groups -OCH3 is 1. The first-order valence-electron chi connectivity index (χ1n) is 15.3. The molecule has 11 atom stereocenters. The summed E-state index contributed by atoms with van der Waals surface area (Å²) in [6.07, 6.45) is -5.48. The number of esters is 4. The summed E-state index contributed by atoms with van der Waals surface area (Å²) in [5, 5.41) is 26.2. The van der Waals surface area contributed by atoms with Crippen molar-refractivity contribution in [2.75, 3.05) is 13.7 Å². The third-order valence-corrected chi connectivity index (χ3v) is 10.6. The third kappa shape index (κ3) is 4.79. The molecular weight excluding hydrogens is 606 g/mol. The van der Waals surface area contributed by atoms with Gasteiger partial charge in [-0.05, 0) is 51.0 Å². The van der Waals surface area contributed by atoms with Crippen molar-refractivity contribution in [3.63, 3.8) is 0 Å². The number of fused-ring (bicyclic) bond motifs is 2. The lowest BCUT2D eigenvalue weighted by molar-refractivity contribution is -0.290. The number of hydrogen-bond acceptors (Lipinski definition) is 13. The largest absolute Gasteiger partial charge is 0.467 e. The van der Waals surface area contributed by atoms with Crippen LogP contribution >= 0.6 is 0 Å². The minimum absolute atomic E-state index is 0.0930. The molecule has 2 unspecified atom stereocenters. The van der Waals surface area contributed by atoms with Crippen molar-refractivity contribution in [2.45, 2.75) is 96.9 Å². The van der Waals surface area contributed by atoms with Crippen LogP contribution in [0.25, 0.3) is 0 Å². The van der Waals surface area contributed by atoms with E-state index in [0.29, 0.717) is 11.1 Å². The normalized spacial score (nSPS) is 39.6. The number of carbonyl (C=O) groups is 6. The first kappa shape index (κ1) is 33.7. The van der Waals surface area contributed by atoms with E-state index in [0.717, 1.165) is 7.11 Å². The standard InChI is InChI=1S/C32H41NO13/c1-13(2)8-20(36)46-24-26-31-12-43-32(26,29(41)42-7)27(39)22(38)25(31)30(6)11-18(35)23(45-21(37)9-14(3)33-16(5)34)15(4)17(30)10-19(31)44-28(24)40/h8,14,17,19,22,24-27,38-39H,9-12H2,1-7H3,(H,33,34)/t14-,17?,19+,22+,24+,25?,26+,27-,30-,31+,32-/m0/s1. The Hall–Kier alpha value is -3.62. The number of carbonyl (C=O) groups excluding carboxylic acids is 6. The Bertz CT molecular complexity index is 1450. The van der Waals surface area contributed by atoms with Gasteiger partial charge in [-0.2, -0.15) is 0 Å². The molecule has 0 aromatic rings. The summed E-state index contributed by atoms with van der Waals surface area (Å²) < 4.78 is 28.3. The van der Waals surface area contributed by atoms with Crippen molar-refractivity contribution in [3.05, 3.63) is 23.0 Å². The molecule has 0 radical (unpaired) electrons. The fraction of sp³-hybridized carbons (Fsp3) is 0.688. The van der Waals surface area contributed by atoms with Crippen molar-refractivity contribution in [1.29, 1.82) is 0 Å². The van der Waals surface area contributed by atoms with E-state index in [9.17, 15) is 39.0 Å². The maximum Gasteiger partial charge on any atom is 0.348 e. The Labute approximate surface area is 265 Å². The van der Waals surface area contributed by atoms with Crippen LogP contribution in [0, 0.1) is 28.6 Å². The Kier molecular flexibility index (Phi) is 8.48. The number of aliphatic hydroxyl groups excluding tert-OH is 2. The van der Waals surface area contributed by atoms with E-state index in [1.54, 1.807) is 34.6 Å². The van der Waals surface area contributed by atoms with E-state index in [4.69, 9.17) is 23.7 Å². The third-order valence-electron chi connectivity index (χ3n) is 10.6. The van der Waals surface area contributed by atoms with Gasteiger partial charge in [0.1, 0.15) is 12.2 Å². The highest BCUT2D eigenvalue weighted by Gasteiger charge is 2.85. The van der Waals surface area contributed by atoms with Crippen molar-refractivity contribution in [3.8, 4) is 0 Å². The number of Topliss-reactive ketones (excluding diaryl/α,β-unsaturated/α-hetero) is 1. The molecule has 14 heteroatoms. The highest BCUT2D eigenvalue weighted by molar-refractivity contribution is 5.98. The molecule has 4 fully saturated rings. The first-order chi connectivity index (χ1) is 21.4. The molecule has 3 aliphatic carbocycles. The summed E-state index contributed by atoms with van der Waals surface area (Å²) in [6.45, 7) is 9.36. The summed E-state index contributed by atoms with van der Waals surface area (Å²) in [5.41, 5.74) is -3.81. The van der Waals surface area contributed by atoms with E-state index in [1.165, 1.54) is 13.0 Å². The van der Waals surface area contributed by atoms with Crippen LogP contribution in [0.1, 0.15) is 60.8 Å². The SMILES string of the molecule is COC(=O)[C@@]12OC[C@]34C([C@@H](O)[C@@H]1O)[C@@]1(C)CC(=O)C(OC(=O)C[C@H](C)NC(C)=O)=C(C)C1C[C@H]3OC(=O)[C@H](OC(=O)C=C(C)C)[C@@H]24. The molecule has 1 amide bonds. The molecule has 2 bridgehead atoms. The molecule has 252 valence electrons. The Morgan fingerprint density at radius 2 is 1.80 bits per heavy atom. The number of ketones is 1. The topological polar surface area (TPSA) is 201 Å². The van der Waals surface area contributed by atoms with Crippen LogP contribution in [0.15, 0.2) is 23.0 Å². The lowest BCUT2D eigenvalue weighted by Crippen LogP contribution is -2.79. The van der Waals surface area contributed by atoms with Crippen molar-refractivity contribution in [1.82, 2.24) is 5.32 Å². The summed E-state index contributed by atoms with van der Waals surface area (Å²) in [5.74, 6) is -7.57. The Balaban J connectivity index is 1.60. The molecule has 2 heterocycles. The van der Waals surface area contributed by atoms with E-state index < -0.39 is 94.3 Å². The zero-order chi connectivity index (χ0) is 34.1. The van der Waals surface area contributed by atoms with E-state index >= 15 is 0 Å². The van der Waals surface area contributed by atoms with Gasteiger partial charge in [0, 0.05) is 36.8 Å². The molecule has 1 spiro atoms. The summed E-state index contributed by atoms with van der Waals surface area (Å²) in [6, 6.07) is -0.543. The molecule has 0 aromatic carbocycles. The molecule has 46 heavy (non-hydrogen) atoms. The van der Waals surface area contributed by atoms with Gasteiger partial charge < -0.3 is 39.2 Å². The molecule has 5 rings (SSSR count). The minimum Gasteiger partial charge on any atom is -0.467 e. The van der Waals surface area contributed by atoms with Crippen LogP contribution < -0.4 is 5.32 Å². The smallest absolute Gasteiger partial charge is 0.348 e. The van der Waals surface area contributed by atoms with Crippen LogP contribution in [0.2, 0.25) is 0 Å². The maximum absolute atomic E-state index is 13.7. The highest BCUT2D eigenvalue weighted by Crippen LogP contribution is 2.72. The molecular formula is C32H41NO13. The second kappa shape index (κ2) is 11.6. The first-order valence-corrected chi connectivity index (χ1v) is 15.3. The molecule has 2 saturated heterocycles. The predicted octanol–water partition coefficient (Wildman–Crippen LogP) is 0.417. The average molecular weight is 648 g/mol. The van der Waals surface area contributed by atoms with Gasteiger partial charge in [0.05, 0.1) is 32.2 Å². The van der Waals surface area contributed by atoms with Gasteiger partial charge in [-0.1, -0.05) is 12.5 Å². The summed E-state index contributed by atoms with van der Waals surface area (Å²) >= 11 is 0. The quantitative estimate of drug-likeness (QED) is 0.195. The predicted molar refractivity (Wildman–Crippen MR) is 154 cm³/mol. The second-order valence-electron chi connectivity index (χ2n) is 13.8. The number of rotatable bonds is 7. The zero-order valence-electron chi connectivity index (χ0n) is 26.9. The monoisotopic (exact) mass is 647 g/mol. The van der Waals surface area contributed by atoms with Crippen LogP contribution in [0.5, 0.6) is 0 Å². The van der Waals surface area contributed by atoms with Crippen LogP contribution in [-0.4, -0.2) is 95.6 Å². The van der Waals surface area contributed by atoms with Gasteiger partial charge >= 0.3 is 23.9 Å². The molecule has 5 aliphatic rings. The fourth-order valence-electron chi connectivity index (χ4n) is 9.18. The maximum atomic E-state index is 13.7. The highest BCUT2D eigenvalue weighted by atomic mass is 16.6. The van der Waals surface area contributed by atoms with Crippen LogP contribution in [-0.2, 0) is 52.5 Å². The number of allylic oxidation sites excluding steroid dienone is 3. The number of amides is 1. The number of hydrogen-bond donors (Lipinski definition) is 3. The van der Waals surface area contributed by atoms with Gasteiger partial charge in [0.15, 0.2) is 11.5 Å². The molecule has 0 aromatic heterocycles. The van der Waals surface area contributed by atoms with Gasteiger partial charge in [-0.15, -0.1) is 0 Å².